The molecule has 1 aromatic carbocycles. The maximum Gasteiger partial charge on any atom is 0.243 e. The van der Waals surface area contributed by atoms with E-state index in [2.05, 4.69) is 46.7 Å². The quantitative estimate of drug-likeness (QED) is 0.624. The van der Waals surface area contributed by atoms with Gasteiger partial charge in [-0.1, -0.05) is 12.1 Å². The molecule has 22 heavy (non-hydrogen) atoms. The van der Waals surface area contributed by atoms with Crippen molar-refractivity contribution in [3.8, 4) is 0 Å². The van der Waals surface area contributed by atoms with Crippen molar-refractivity contribution in [1.82, 2.24) is 10.7 Å². The highest BCUT2D eigenvalue weighted by Gasteiger charge is 2.20. The van der Waals surface area contributed by atoms with Gasteiger partial charge in [-0.25, -0.2) is 5.43 Å². The molecule has 1 aromatic rings. The number of nitrogens with one attached hydrogen (secondary N) is 2. The standard InChI is InChI=1S/C17H26N4O/c1-3-21(4-2)16-7-5-14(6-8-16)13-19-20-17(22)15-9-11-18-12-10-15/h5-8,13,15,18H,3-4,9-12H2,1-2H3,(H,20,22)/b19-13+. The molecule has 1 heterocycles. The number of amides is 1. The molecule has 1 aliphatic rings. The smallest absolute Gasteiger partial charge is 0.243 e. The topological polar surface area (TPSA) is 56.7 Å². The third kappa shape index (κ3) is 4.56. The van der Waals surface area contributed by atoms with Gasteiger partial charge in [0.2, 0.25) is 5.91 Å². The Labute approximate surface area is 132 Å². The van der Waals surface area contributed by atoms with Gasteiger partial charge < -0.3 is 10.2 Å². The molecule has 0 atom stereocenters. The minimum absolute atomic E-state index is 0.0255. The SMILES string of the molecule is CCN(CC)c1ccc(/C=N/NC(=O)C2CCNCC2)cc1. The molecular formula is C17H26N4O. The molecule has 0 aromatic heterocycles. The number of hydrazone groups is 1. The van der Waals surface area contributed by atoms with Crippen molar-refractivity contribution in [3.05, 3.63) is 29.8 Å². The normalized spacial score (nSPS) is 15.9. The van der Waals surface area contributed by atoms with Crippen molar-refractivity contribution >= 4 is 17.8 Å². The van der Waals surface area contributed by atoms with Crippen LogP contribution in [0.15, 0.2) is 29.4 Å². The summed E-state index contributed by atoms with van der Waals surface area (Å²) >= 11 is 0. The summed E-state index contributed by atoms with van der Waals surface area (Å²) in [5, 5.41) is 7.33. The lowest BCUT2D eigenvalue weighted by molar-refractivity contribution is -0.125. The lowest BCUT2D eigenvalue weighted by Crippen LogP contribution is -2.36. The van der Waals surface area contributed by atoms with Crippen LogP contribution in [0.4, 0.5) is 5.69 Å². The molecule has 1 amide bonds. The zero-order valence-electron chi connectivity index (χ0n) is 13.5. The molecule has 1 fully saturated rings. The van der Waals surface area contributed by atoms with E-state index in [0.717, 1.165) is 44.6 Å². The summed E-state index contributed by atoms with van der Waals surface area (Å²) in [5.74, 6) is 0.112. The van der Waals surface area contributed by atoms with E-state index in [1.807, 2.05) is 12.1 Å². The highest BCUT2D eigenvalue weighted by Crippen LogP contribution is 2.14. The fourth-order valence-corrected chi connectivity index (χ4v) is 2.71. The van der Waals surface area contributed by atoms with E-state index in [-0.39, 0.29) is 11.8 Å². The number of nitrogens with zero attached hydrogens (tertiary/aromatic N) is 2. The van der Waals surface area contributed by atoms with Gasteiger partial charge in [0, 0.05) is 24.7 Å². The molecule has 0 radical (unpaired) electrons. The molecule has 0 saturated carbocycles. The van der Waals surface area contributed by atoms with Crippen molar-refractivity contribution in [2.24, 2.45) is 11.0 Å². The zero-order valence-corrected chi connectivity index (χ0v) is 13.5. The van der Waals surface area contributed by atoms with Gasteiger partial charge in [0.1, 0.15) is 0 Å². The summed E-state index contributed by atoms with van der Waals surface area (Å²) in [6, 6.07) is 8.22. The van der Waals surface area contributed by atoms with E-state index in [4.69, 9.17) is 0 Å². The lowest BCUT2D eigenvalue weighted by atomic mass is 9.98. The molecule has 0 unspecified atom stereocenters. The summed E-state index contributed by atoms with van der Waals surface area (Å²) in [5.41, 5.74) is 4.85. The fraction of sp³-hybridized carbons (Fsp3) is 0.529. The molecule has 2 N–H and O–H groups in total. The van der Waals surface area contributed by atoms with Gasteiger partial charge in [0.05, 0.1) is 6.21 Å². The van der Waals surface area contributed by atoms with Gasteiger partial charge in [-0.05, 0) is 57.5 Å². The first-order valence-corrected chi connectivity index (χ1v) is 8.13. The number of anilines is 1. The molecule has 1 aliphatic heterocycles. The monoisotopic (exact) mass is 302 g/mol. The minimum Gasteiger partial charge on any atom is -0.372 e. The molecule has 2 rings (SSSR count). The Morgan fingerprint density at radius 3 is 2.50 bits per heavy atom. The van der Waals surface area contributed by atoms with Crippen LogP contribution in [0.2, 0.25) is 0 Å². The second-order valence-corrected chi connectivity index (χ2v) is 5.52. The van der Waals surface area contributed by atoms with E-state index in [0.29, 0.717) is 0 Å². The van der Waals surface area contributed by atoms with Crippen LogP contribution >= 0.6 is 0 Å². The Hall–Kier alpha value is -1.88. The predicted molar refractivity (Wildman–Crippen MR) is 91.3 cm³/mol. The summed E-state index contributed by atoms with van der Waals surface area (Å²) in [7, 11) is 0. The largest absolute Gasteiger partial charge is 0.372 e. The third-order valence-corrected chi connectivity index (χ3v) is 4.12. The number of carbonyl (C=O) groups excluding carboxylic acids is 1. The third-order valence-electron chi connectivity index (χ3n) is 4.12. The highest BCUT2D eigenvalue weighted by molar-refractivity contribution is 5.83. The number of carbonyl (C=O) groups is 1. The number of hydrogen-bond donors (Lipinski definition) is 2. The Bertz CT molecular complexity index is 488. The molecule has 0 bridgehead atoms. The van der Waals surface area contributed by atoms with Crippen LogP contribution in [0, 0.1) is 5.92 Å². The lowest BCUT2D eigenvalue weighted by Gasteiger charge is -2.21. The van der Waals surface area contributed by atoms with Crippen LogP contribution in [-0.4, -0.2) is 38.3 Å². The Balaban J connectivity index is 1.86. The molecule has 1 saturated heterocycles. The van der Waals surface area contributed by atoms with Crippen LogP contribution in [-0.2, 0) is 4.79 Å². The van der Waals surface area contributed by atoms with Crippen LogP contribution in [0.5, 0.6) is 0 Å². The summed E-state index contributed by atoms with van der Waals surface area (Å²) in [4.78, 5) is 14.2. The van der Waals surface area contributed by atoms with Crippen molar-refractivity contribution in [3.63, 3.8) is 0 Å². The van der Waals surface area contributed by atoms with Crippen molar-refractivity contribution in [1.29, 1.82) is 0 Å². The average Bonchev–Trinajstić information content (AvgIpc) is 2.58. The number of benzene rings is 1. The number of rotatable bonds is 6. The molecule has 5 heteroatoms. The van der Waals surface area contributed by atoms with Gasteiger partial charge in [-0.15, -0.1) is 0 Å². The van der Waals surface area contributed by atoms with Crippen molar-refractivity contribution in [2.45, 2.75) is 26.7 Å². The van der Waals surface area contributed by atoms with E-state index in [1.165, 1.54) is 5.69 Å². The first kappa shape index (κ1) is 16.5. The Kier molecular flexibility index (Phi) is 6.40. The maximum atomic E-state index is 12.0. The second kappa shape index (κ2) is 8.54. The summed E-state index contributed by atoms with van der Waals surface area (Å²) in [6.07, 6.45) is 3.48. The zero-order chi connectivity index (χ0) is 15.8. The first-order valence-electron chi connectivity index (χ1n) is 8.13. The fourth-order valence-electron chi connectivity index (χ4n) is 2.71. The summed E-state index contributed by atoms with van der Waals surface area (Å²) in [6.45, 7) is 8.11. The van der Waals surface area contributed by atoms with Gasteiger partial charge in [0.15, 0.2) is 0 Å². The average molecular weight is 302 g/mol. The number of hydrogen-bond acceptors (Lipinski definition) is 4. The van der Waals surface area contributed by atoms with Crippen LogP contribution in [0.3, 0.4) is 0 Å². The summed E-state index contributed by atoms with van der Waals surface area (Å²) < 4.78 is 0. The van der Waals surface area contributed by atoms with Crippen LogP contribution in [0.25, 0.3) is 0 Å². The molecule has 0 spiro atoms. The van der Waals surface area contributed by atoms with E-state index in [1.54, 1.807) is 6.21 Å². The van der Waals surface area contributed by atoms with Gasteiger partial charge in [-0.3, -0.25) is 4.79 Å². The van der Waals surface area contributed by atoms with Crippen molar-refractivity contribution < 1.29 is 4.79 Å². The molecule has 5 nitrogen and oxygen atoms in total. The Morgan fingerprint density at radius 1 is 1.27 bits per heavy atom. The molecule has 120 valence electrons. The molecule has 0 aliphatic carbocycles. The van der Waals surface area contributed by atoms with Crippen LogP contribution < -0.4 is 15.6 Å². The number of piperidine rings is 1. The maximum absolute atomic E-state index is 12.0. The first-order chi connectivity index (χ1) is 10.7. The second-order valence-electron chi connectivity index (χ2n) is 5.52. The molecular weight excluding hydrogens is 276 g/mol. The minimum atomic E-state index is 0.0255. The highest BCUT2D eigenvalue weighted by atomic mass is 16.2. The van der Waals surface area contributed by atoms with Crippen molar-refractivity contribution in [2.75, 3.05) is 31.1 Å². The van der Waals surface area contributed by atoms with E-state index in [9.17, 15) is 4.79 Å². The van der Waals surface area contributed by atoms with Gasteiger partial charge in [-0.2, -0.15) is 5.10 Å². The van der Waals surface area contributed by atoms with Crippen LogP contribution in [0.1, 0.15) is 32.3 Å². The Morgan fingerprint density at radius 2 is 1.91 bits per heavy atom. The van der Waals surface area contributed by atoms with Gasteiger partial charge in [0.25, 0.3) is 0 Å². The van der Waals surface area contributed by atoms with Gasteiger partial charge >= 0.3 is 0 Å². The predicted octanol–water partition coefficient (Wildman–Crippen LogP) is 1.98. The van der Waals surface area contributed by atoms with E-state index < -0.39 is 0 Å². The van der Waals surface area contributed by atoms with E-state index >= 15 is 0 Å².